The third kappa shape index (κ3) is 9.19. The molecular weight excluding hydrogens is 827 g/mol. The van der Waals surface area contributed by atoms with Crippen LogP contribution in [0.4, 0.5) is 16.3 Å². The number of likely N-dealkylation sites (tertiary alicyclic amines) is 1. The molecule has 4 heterocycles. The van der Waals surface area contributed by atoms with Gasteiger partial charge in [0.25, 0.3) is 8.32 Å². The molecule has 0 N–H and O–H groups in total. The lowest BCUT2D eigenvalue weighted by Crippen LogP contribution is -2.67. The highest BCUT2D eigenvalue weighted by atomic mass is 28.4. The topological polar surface area (TPSA) is 107 Å². The van der Waals surface area contributed by atoms with Crippen LogP contribution < -0.4 is 24.9 Å². The van der Waals surface area contributed by atoms with Gasteiger partial charge in [-0.2, -0.15) is 15.2 Å². The molecule has 0 aliphatic carbocycles. The molecule has 9 rings (SSSR count). The minimum Gasteiger partial charge on any atom is -0.462 e. The number of fused-ring (bicyclic) bond motifs is 2. The first-order chi connectivity index (χ1) is 31.6. The van der Waals surface area contributed by atoms with Crippen molar-refractivity contribution >= 4 is 47.1 Å². The highest BCUT2D eigenvalue weighted by Crippen LogP contribution is 2.40. The average Bonchev–Trinajstić information content (AvgIpc) is 3.69. The van der Waals surface area contributed by atoms with Crippen LogP contribution in [0.15, 0.2) is 133 Å². The normalized spacial score (nSPS) is 19.2. The molecule has 65 heavy (non-hydrogen) atoms. The van der Waals surface area contributed by atoms with Gasteiger partial charge in [-0.25, -0.2) is 4.79 Å². The van der Waals surface area contributed by atoms with Crippen LogP contribution in [0.1, 0.15) is 50.4 Å². The highest BCUT2D eigenvalue weighted by Gasteiger charge is 2.52. The van der Waals surface area contributed by atoms with Crippen molar-refractivity contribution < 1.29 is 18.7 Å². The maximum absolute atomic E-state index is 13.5. The number of carbonyl (C=O) groups excluding carboxylic acids is 1. The van der Waals surface area contributed by atoms with Crippen molar-refractivity contribution in [3.8, 4) is 12.1 Å². The van der Waals surface area contributed by atoms with Crippen LogP contribution in [0.2, 0.25) is 5.04 Å². The first kappa shape index (κ1) is 44.0. The molecule has 0 spiro atoms. The Balaban J connectivity index is 0.976. The zero-order chi connectivity index (χ0) is 45.0. The van der Waals surface area contributed by atoms with E-state index < -0.39 is 14.4 Å². The van der Waals surface area contributed by atoms with Crippen molar-refractivity contribution in [3.63, 3.8) is 0 Å². The van der Waals surface area contributed by atoms with Gasteiger partial charge in [0.15, 0.2) is 0 Å². The summed E-state index contributed by atoms with van der Waals surface area (Å²) in [6.45, 7) is 11.1. The van der Waals surface area contributed by atoms with E-state index in [0.29, 0.717) is 38.8 Å². The molecule has 0 saturated carbocycles. The molecule has 0 unspecified atom stereocenters. The summed E-state index contributed by atoms with van der Waals surface area (Å²) in [5.74, 6) is 0.815. The summed E-state index contributed by atoms with van der Waals surface area (Å²) in [6.07, 6.45) is 1.32. The van der Waals surface area contributed by atoms with Crippen LogP contribution in [0.5, 0.6) is 6.01 Å². The second-order valence-corrected chi connectivity index (χ2v) is 22.9. The summed E-state index contributed by atoms with van der Waals surface area (Å²) in [5, 5.41) is 14.8. The summed E-state index contributed by atoms with van der Waals surface area (Å²) in [4.78, 5) is 32.5. The van der Waals surface area contributed by atoms with Gasteiger partial charge < -0.3 is 28.6 Å². The Morgan fingerprint density at radius 2 is 1.46 bits per heavy atom. The molecule has 2 saturated heterocycles. The number of hydrogen-bond acceptors (Lipinski definition) is 10. The number of benzene rings is 5. The van der Waals surface area contributed by atoms with Crippen molar-refractivity contribution in [1.29, 1.82) is 5.26 Å². The molecule has 3 atom stereocenters. The van der Waals surface area contributed by atoms with E-state index >= 15 is 0 Å². The number of anilines is 2. The smallest absolute Gasteiger partial charge is 0.410 e. The fourth-order valence-electron chi connectivity index (χ4n) is 10.2. The largest absolute Gasteiger partial charge is 0.462 e. The van der Waals surface area contributed by atoms with Gasteiger partial charge in [-0.1, -0.05) is 148 Å². The van der Waals surface area contributed by atoms with Crippen molar-refractivity contribution in [1.82, 2.24) is 19.8 Å². The fraction of sp³-hybridized carbons (Fsp3) is 0.358. The molecule has 12 heteroatoms. The standard InChI is InChI=1S/C53H59N7O4Si/c1-53(2,3)65(44-21-10-6-11-22-44,45-23-12-7-13-24-45)64-43-33-42(57(4)35-43)38-62-51-55-48-36-58(49-26-16-20-40-19-14-15-25-46(40)49)30-28-47(48)50(56-51)59-31-32-60(41(34-59)27-29-54)52(61)63-37-39-17-8-5-9-18-39/h5-26,41-43H,27-28,30-38H2,1-4H3/t41-,42+,43-/m0/s1. The van der Waals surface area contributed by atoms with Crippen LogP contribution in [-0.4, -0.2) is 98.7 Å². The van der Waals surface area contributed by atoms with Crippen LogP contribution >= 0.6 is 0 Å². The van der Waals surface area contributed by atoms with Gasteiger partial charge in [0, 0.05) is 55.4 Å². The maximum Gasteiger partial charge on any atom is 0.410 e. The quantitative estimate of drug-likeness (QED) is 0.112. The second-order valence-electron chi connectivity index (χ2n) is 18.7. The van der Waals surface area contributed by atoms with Gasteiger partial charge in [0.05, 0.1) is 36.9 Å². The number of carbonyl (C=O) groups is 1. The number of piperazine rings is 1. The minimum absolute atomic E-state index is 0.00177. The molecule has 6 aromatic rings. The average molecular weight is 886 g/mol. The fourth-order valence-corrected chi connectivity index (χ4v) is 14.9. The van der Waals surface area contributed by atoms with Crippen LogP contribution in [0.3, 0.4) is 0 Å². The number of aromatic nitrogens is 2. The Kier molecular flexibility index (Phi) is 12.9. The van der Waals surface area contributed by atoms with E-state index in [1.165, 1.54) is 26.8 Å². The number of ether oxygens (including phenoxy) is 2. The molecule has 3 aliphatic heterocycles. The Morgan fingerprint density at radius 3 is 2.17 bits per heavy atom. The van der Waals surface area contributed by atoms with Crippen molar-refractivity contribution in [2.45, 2.75) is 76.4 Å². The Bertz CT molecular complexity index is 2580. The first-order valence-electron chi connectivity index (χ1n) is 22.9. The monoisotopic (exact) mass is 885 g/mol. The Hall–Kier alpha value is -6.26. The van der Waals surface area contributed by atoms with E-state index in [4.69, 9.17) is 23.9 Å². The van der Waals surface area contributed by atoms with Crippen LogP contribution in [0.25, 0.3) is 10.8 Å². The third-order valence-corrected chi connectivity index (χ3v) is 18.6. The van der Waals surface area contributed by atoms with E-state index in [0.717, 1.165) is 48.6 Å². The van der Waals surface area contributed by atoms with Crippen molar-refractivity contribution in [2.24, 2.45) is 0 Å². The number of nitrogens with zero attached hydrogens (tertiary/aromatic N) is 7. The molecule has 1 amide bonds. The second kappa shape index (κ2) is 19.1. The van der Waals surface area contributed by atoms with Crippen molar-refractivity contribution in [3.05, 3.63) is 150 Å². The highest BCUT2D eigenvalue weighted by molar-refractivity contribution is 6.99. The molecule has 3 aliphatic rings. The lowest BCUT2D eigenvalue weighted by Gasteiger charge is -2.44. The molecule has 11 nitrogen and oxygen atoms in total. The van der Waals surface area contributed by atoms with Gasteiger partial charge in [-0.15, -0.1) is 0 Å². The lowest BCUT2D eigenvalue weighted by molar-refractivity contribution is 0.0767. The first-order valence-corrected chi connectivity index (χ1v) is 24.9. The number of rotatable bonds is 12. The van der Waals surface area contributed by atoms with Gasteiger partial charge in [-0.3, -0.25) is 4.90 Å². The number of nitriles is 1. The molecular formula is C53H59N7O4Si. The molecule has 5 aromatic carbocycles. The SMILES string of the molecule is CN1C[C@@H](O[Si](c2ccccc2)(c2ccccc2)C(C)(C)C)C[C@@H]1COc1nc2c(c(N3CCN(C(=O)OCc4ccccc4)[C@@H](CC#N)C3)n1)CCN(c1cccc3ccccc13)C2. The molecule has 0 radical (unpaired) electrons. The number of amides is 1. The van der Waals surface area contributed by atoms with E-state index in [-0.39, 0.29) is 36.3 Å². The molecule has 1 aromatic heterocycles. The minimum atomic E-state index is -2.75. The van der Waals surface area contributed by atoms with E-state index in [1.807, 2.05) is 30.3 Å². The molecule has 334 valence electrons. The zero-order valence-electron chi connectivity index (χ0n) is 38.0. The van der Waals surface area contributed by atoms with Gasteiger partial charge >= 0.3 is 12.1 Å². The number of likely N-dealkylation sites (N-methyl/N-ethyl adjacent to an activating group) is 1. The van der Waals surface area contributed by atoms with E-state index in [2.05, 4.69) is 152 Å². The summed E-state index contributed by atoms with van der Waals surface area (Å²) < 4.78 is 20.0. The summed E-state index contributed by atoms with van der Waals surface area (Å²) >= 11 is 0. The zero-order valence-corrected chi connectivity index (χ0v) is 39.0. The Morgan fingerprint density at radius 1 is 0.785 bits per heavy atom. The van der Waals surface area contributed by atoms with Gasteiger partial charge in [0.2, 0.25) is 0 Å². The Labute approximate surface area is 384 Å². The lowest BCUT2D eigenvalue weighted by atomic mass is 10.0. The van der Waals surface area contributed by atoms with E-state index in [9.17, 15) is 10.1 Å². The number of hydrogen-bond donors (Lipinski definition) is 0. The van der Waals surface area contributed by atoms with Gasteiger partial charge in [-0.05, 0) is 52.3 Å². The van der Waals surface area contributed by atoms with Crippen molar-refractivity contribution in [2.75, 3.05) is 56.2 Å². The van der Waals surface area contributed by atoms with Gasteiger partial charge in [0.1, 0.15) is 19.0 Å². The summed E-state index contributed by atoms with van der Waals surface area (Å²) in [5.41, 5.74) is 4.10. The van der Waals surface area contributed by atoms with Crippen LogP contribution in [0, 0.1) is 11.3 Å². The molecule has 0 bridgehead atoms. The predicted octanol–water partition coefficient (Wildman–Crippen LogP) is 7.96. The molecule has 2 fully saturated rings. The van der Waals surface area contributed by atoms with E-state index in [1.54, 1.807) is 4.90 Å². The predicted molar refractivity (Wildman–Crippen MR) is 259 cm³/mol. The maximum atomic E-state index is 13.5. The summed E-state index contributed by atoms with van der Waals surface area (Å²) in [7, 11) is -0.598. The van der Waals surface area contributed by atoms with Crippen LogP contribution in [-0.2, 0) is 28.7 Å². The third-order valence-electron chi connectivity index (χ3n) is 13.5. The summed E-state index contributed by atoms with van der Waals surface area (Å²) in [6, 6.07) is 48.7.